The number of halogens is 1. The van der Waals surface area contributed by atoms with E-state index in [1.54, 1.807) is 25.0 Å². The molecule has 0 aliphatic rings. The van der Waals surface area contributed by atoms with E-state index >= 15 is 0 Å². The van der Waals surface area contributed by atoms with E-state index in [-0.39, 0.29) is 11.4 Å². The highest BCUT2D eigenvalue weighted by atomic mass is 19.1. The van der Waals surface area contributed by atoms with Gasteiger partial charge in [0.1, 0.15) is 5.69 Å². The molecular formula is C22H22FN7O. The molecule has 8 nitrogen and oxygen atoms in total. The summed E-state index contributed by atoms with van der Waals surface area (Å²) in [6.07, 6.45) is 8.84. The number of rotatable bonds is 4. The van der Waals surface area contributed by atoms with Gasteiger partial charge in [0.25, 0.3) is 5.95 Å². The third-order valence-corrected chi connectivity index (χ3v) is 5.65. The minimum absolute atomic E-state index is 0.117. The molecule has 0 radical (unpaired) electrons. The van der Waals surface area contributed by atoms with Crippen LogP contribution in [0.4, 0.5) is 4.39 Å². The van der Waals surface area contributed by atoms with E-state index in [0.717, 1.165) is 40.4 Å². The quantitative estimate of drug-likeness (QED) is 0.449. The van der Waals surface area contributed by atoms with Crippen molar-refractivity contribution < 1.29 is 4.39 Å². The van der Waals surface area contributed by atoms with Crippen molar-refractivity contribution in [3.05, 3.63) is 58.9 Å². The lowest BCUT2D eigenvalue weighted by Crippen LogP contribution is -2.21. The zero-order valence-corrected chi connectivity index (χ0v) is 17.8. The van der Waals surface area contributed by atoms with Crippen LogP contribution in [0.25, 0.3) is 38.8 Å². The van der Waals surface area contributed by atoms with Gasteiger partial charge in [-0.1, -0.05) is 13.3 Å². The lowest BCUT2D eigenvalue weighted by molar-refractivity contribution is 0.548. The number of pyridine rings is 1. The summed E-state index contributed by atoms with van der Waals surface area (Å²) in [5, 5.41) is 8.88. The van der Waals surface area contributed by atoms with Crippen LogP contribution in [-0.4, -0.2) is 33.7 Å². The van der Waals surface area contributed by atoms with Crippen LogP contribution in [0, 0.1) is 5.95 Å². The Kier molecular flexibility index (Phi) is 4.28. The molecule has 0 aliphatic carbocycles. The van der Waals surface area contributed by atoms with Gasteiger partial charge in [-0.05, 0) is 29.7 Å². The molecule has 5 aromatic rings. The molecule has 0 spiro atoms. The third kappa shape index (κ3) is 2.88. The molecule has 0 aliphatic heterocycles. The summed E-state index contributed by atoms with van der Waals surface area (Å²) in [6, 6.07) is 4.10. The van der Waals surface area contributed by atoms with Crippen molar-refractivity contribution in [2.24, 2.45) is 21.1 Å². The van der Waals surface area contributed by atoms with Gasteiger partial charge in [-0.25, -0.2) is 4.79 Å². The van der Waals surface area contributed by atoms with Crippen LogP contribution in [0.2, 0.25) is 0 Å². The highest BCUT2D eigenvalue weighted by Crippen LogP contribution is 2.33. The molecule has 9 heteroatoms. The molecular weight excluding hydrogens is 397 g/mol. The molecule has 0 saturated heterocycles. The molecule has 4 heterocycles. The van der Waals surface area contributed by atoms with Gasteiger partial charge in [0.2, 0.25) is 0 Å². The van der Waals surface area contributed by atoms with Crippen LogP contribution < -0.4 is 5.69 Å². The topological polar surface area (TPSA) is 75.5 Å². The number of benzene rings is 1. The fourth-order valence-electron chi connectivity index (χ4n) is 4.21. The maximum absolute atomic E-state index is 14.6. The molecule has 0 bridgehead atoms. The largest absolute Gasteiger partial charge is 0.333 e. The highest BCUT2D eigenvalue weighted by Gasteiger charge is 2.21. The number of aryl methyl sites for hydroxylation is 4. The third-order valence-electron chi connectivity index (χ3n) is 5.65. The van der Waals surface area contributed by atoms with Gasteiger partial charge in [0.15, 0.2) is 0 Å². The van der Waals surface area contributed by atoms with Gasteiger partial charge in [-0.2, -0.15) is 9.49 Å². The van der Waals surface area contributed by atoms with Crippen molar-refractivity contribution in [2.75, 3.05) is 0 Å². The average molecular weight is 419 g/mol. The minimum atomic E-state index is -0.697. The Morgan fingerprint density at radius 1 is 1.06 bits per heavy atom. The van der Waals surface area contributed by atoms with Crippen LogP contribution >= 0.6 is 0 Å². The van der Waals surface area contributed by atoms with E-state index in [1.807, 2.05) is 25.5 Å². The summed E-state index contributed by atoms with van der Waals surface area (Å²) in [6.45, 7) is 2.13. The van der Waals surface area contributed by atoms with Gasteiger partial charge < -0.3 is 0 Å². The second kappa shape index (κ2) is 6.90. The first-order valence-corrected chi connectivity index (χ1v) is 10.1. The standard InChI is InChI=1S/C22H22FN7O/c1-5-6-13-7-17-16(8-15(13)14-9-25-27(2)11-14)20-18(10-24-17)29(4)22(31)30(20)19-12-28(3)26-21(19)23/h7-12H,5-6H2,1-4H3. The predicted octanol–water partition coefficient (Wildman–Crippen LogP) is 3.10. The molecule has 5 rings (SSSR count). The maximum Gasteiger partial charge on any atom is 0.333 e. The van der Waals surface area contributed by atoms with Crippen LogP contribution in [-0.2, 0) is 27.6 Å². The molecule has 1 aromatic carbocycles. The fraction of sp³-hybridized carbons (Fsp3) is 0.273. The highest BCUT2D eigenvalue weighted by molar-refractivity contribution is 6.05. The van der Waals surface area contributed by atoms with Gasteiger partial charge in [-0.3, -0.25) is 23.5 Å². The van der Waals surface area contributed by atoms with Crippen LogP contribution in [0.5, 0.6) is 0 Å². The lowest BCUT2D eigenvalue weighted by atomic mass is 9.96. The number of hydrogen-bond donors (Lipinski definition) is 0. The molecule has 0 amide bonds. The Morgan fingerprint density at radius 2 is 1.87 bits per heavy atom. The molecule has 31 heavy (non-hydrogen) atoms. The van der Waals surface area contributed by atoms with Crippen molar-refractivity contribution in [3.63, 3.8) is 0 Å². The van der Waals surface area contributed by atoms with Crippen molar-refractivity contribution >= 4 is 21.9 Å². The van der Waals surface area contributed by atoms with Crippen molar-refractivity contribution in [1.29, 1.82) is 0 Å². The Balaban J connectivity index is 1.93. The number of aromatic nitrogens is 7. The van der Waals surface area contributed by atoms with E-state index in [1.165, 1.54) is 20.0 Å². The zero-order valence-electron chi connectivity index (χ0n) is 17.8. The van der Waals surface area contributed by atoms with Gasteiger partial charge in [-0.15, -0.1) is 5.10 Å². The first kappa shape index (κ1) is 19.2. The van der Waals surface area contributed by atoms with Gasteiger partial charge in [0, 0.05) is 38.3 Å². The zero-order chi connectivity index (χ0) is 21.9. The monoisotopic (exact) mass is 419 g/mol. The number of nitrogens with zero attached hydrogens (tertiary/aromatic N) is 7. The Labute approximate surface area is 177 Å². The summed E-state index contributed by atoms with van der Waals surface area (Å²) in [4.78, 5) is 17.7. The number of fused-ring (bicyclic) bond motifs is 3. The minimum Gasteiger partial charge on any atom is -0.293 e. The molecule has 0 N–H and O–H groups in total. The molecule has 0 unspecified atom stereocenters. The van der Waals surface area contributed by atoms with Crippen molar-refractivity contribution in [2.45, 2.75) is 19.8 Å². The van der Waals surface area contributed by atoms with Crippen molar-refractivity contribution in [1.82, 2.24) is 33.7 Å². The smallest absolute Gasteiger partial charge is 0.293 e. The normalized spacial score (nSPS) is 11.8. The van der Waals surface area contributed by atoms with Gasteiger partial charge >= 0.3 is 5.69 Å². The molecule has 0 atom stereocenters. The Bertz CT molecular complexity index is 1520. The lowest BCUT2D eigenvalue weighted by Gasteiger charge is -2.11. The molecule has 158 valence electrons. The first-order chi connectivity index (χ1) is 14.9. The van der Waals surface area contributed by atoms with Crippen molar-refractivity contribution in [3.8, 4) is 16.8 Å². The summed E-state index contributed by atoms with van der Waals surface area (Å²) < 4.78 is 20.6. The van der Waals surface area contributed by atoms with Gasteiger partial charge in [0.05, 0.1) is 35.1 Å². The second-order valence-corrected chi connectivity index (χ2v) is 7.83. The van der Waals surface area contributed by atoms with Crippen LogP contribution in [0.15, 0.2) is 41.7 Å². The fourth-order valence-corrected chi connectivity index (χ4v) is 4.21. The molecule has 0 saturated carbocycles. The predicted molar refractivity (Wildman–Crippen MR) is 117 cm³/mol. The second-order valence-electron chi connectivity index (χ2n) is 7.83. The van der Waals surface area contributed by atoms with E-state index in [4.69, 9.17) is 0 Å². The van der Waals surface area contributed by atoms with E-state index < -0.39 is 5.95 Å². The van der Waals surface area contributed by atoms with Crippen LogP contribution in [0.1, 0.15) is 18.9 Å². The molecule has 4 aromatic heterocycles. The number of hydrogen-bond acceptors (Lipinski definition) is 4. The molecule has 0 fully saturated rings. The van der Waals surface area contributed by atoms with Crippen LogP contribution in [0.3, 0.4) is 0 Å². The van der Waals surface area contributed by atoms with E-state index in [0.29, 0.717) is 11.0 Å². The first-order valence-electron chi connectivity index (χ1n) is 10.1. The summed E-state index contributed by atoms with van der Waals surface area (Å²) >= 11 is 0. The SMILES string of the molecule is CCCc1cc2ncc3c(c2cc1-c1cnn(C)c1)n(-c1cn(C)nc1F)c(=O)n3C. The number of imidazole rings is 1. The summed E-state index contributed by atoms with van der Waals surface area (Å²) in [7, 11) is 5.17. The van der Waals surface area contributed by atoms with E-state index in [9.17, 15) is 9.18 Å². The maximum atomic E-state index is 14.6. The average Bonchev–Trinajstić information content (AvgIpc) is 3.38. The Morgan fingerprint density at radius 3 is 2.52 bits per heavy atom. The summed E-state index contributed by atoms with van der Waals surface area (Å²) in [5.41, 5.74) is 4.94. The Hall–Kier alpha value is -3.75. The summed E-state index contributed by atoms with van der Waals surface area (Å²) in [5.74, 6) is -0.697. The van der Waals surface area contributed by atoms with E-state index in [2.05, 4.69) is 28.2 Å².